The molecule has 0 unspecified atom stereocenters. The molecule has 0 aliphatic carbocycles. The number of anilines is 1. The summed E-state index contributed by atoms with van der Waals surface area (Å²) in [6, 6.07) is 11.9. The zero-order valence-electron chi connectivity index (χ0n) is 13.6. The first-order chi connectivity index (χ1) is 11.7. The van der Waals surface area contributed by atoms with Crippen LogP contribution in [-0.4, -0.2) is 21.3 Å². The average Bonchev–Trinajstić information content (AvgIpc) is 2.79. The van der Waals surface area contributed by atoms with Crippen LogP contribution in [0.25, 0.3) is 17.1 Å². The van der Waals surface area contributed by atoms with E-state index < -0.39 is 0 Å². The first-order valence-electron chi connectivity index (χ1n) is 8.28. The summed E-state index contributed by atoms with van der Waals surface area (Å²) < 4.78 is 1.99. The van der Waals surface area contributed by atoms with Crippen LogP contribution in [0.2, 0.25) is 5.02 Å². The van der Waals surface area contributed by atoms with Gasteiger partial charge in [-0.15, -0.1) is 0 Å². The Morgan fingerprint density at radius 3 is 2.92 bits per heavy atom. The lowest BCUT2D eigenvalue weighted by Gasteiger charge is -2.12. The van der Waals surface area contributed by atoms with Crippen molar-refractivity contribution in [1.29, 1.82) is 0 Å². The van der Waals surface area contributed by atoms with E-state index in [1.807, 2.05) is 47.3 Å². The van der Waals surface area contributed by atoms with Gasteiger partial charge in [0.2, 0.25) is 0 Å². The fourth-order valence-electron chi connectivity index (χ4n) is 3.20. The Bertz CT molecular complexity index is 871. The molecule has 0 spiro atoms. The van der Waals surface area contributed by atoms with Gasteiger partial charge < -0.3 is 5.32 Å². The van der Waals surface area contributed by atoms with Gasteiger partial charge in [-0.2, -0.15) is 5.10 Å². The molecule has 0 saturated carbocycles. The lowest BCUT2D eigenvalue weighted by Crippen LogP contribution is -2.08. The molecule has 4 nitrogen and oxygen atoms in total. The highest BCUT2D eigenvalue weighted by Gasteiger charge is 2.22. The van der Waals surface area contributed by atoms with E-state index in [0.717, 1.165) is 54.3 Å². The van der Waals surface area contributed by atoms with Gasteiger partial charge in [-0.05, 0) is 56.0 Å². The monoisotopic (exact) mass is 338 g/mol. The van der Waals surface area contributed by atoms with Crippen molar-refractivity contribution in [1.82, 2.24) is 14.8 Å². The van der Waals surface area contributed by atoms with Crippen LogP contribution in [0.15, 0.2) is 42.6 Å². The van der Waals surface area contributed by atoms with Gasteiger partial charge in [0.1, 0.15) is 11.5 Å². The van der Waals surface area contributed by atoms with Crippen molar-refractivity contribution in [3.63, 3.8) is 0 Å². The highest BCUT2D eigenvalue weighted by atomic mass is 35.5. The number of hydrogen-bond acceptors (Lipinski definition) is 3. The van der Waals surface area contributed by atoms with Gasteiger partial charge in [0.25, 0.3) is 0 Å². The number of fused-ring (bicyclic) bond motifs is 1. The van der Waals surface area contributed by atoms with E-state index in [0.29, 0.717) is 5.02 Å². The lowest BCUT2D eigenvalue weighted by molar-refractivity contribution is 0.779. The summed E-state index contributed by atoms with van der Waals surface area (Å²) >= 11 is 6.23. The van der Waals surface area contributed by atoms with E-state index in [1.54, 1.807) is 0 Å². The van der Waals surface area contributed by atoms with Crippen molar-refractivity contribution >= 4 is 17.4 Å². The van der Waals surface area contributed by atoms with Gasteiger partial charge in [0.05, 0.1) is 11.4 Å². The standard InChI is InChI=1S/C19H19ClN4/c1-13-8-9-14(20)12-17(13)24-19-15(6-2-4-11-22-19)18(23-24)16-7-3-5-10-21-16/h3,5,7-10,12,22H,2,4,6,11H2,1H3. The Morgan fingerprint density at radius 1 is 1.17 bits per heavy atom. The minimum absolute atomic E-state index is 0.716. The number of hydrogen-bond donors (Lipinski definition) is 1. The van der Waals surface area contributed by atoms with Crippen molar-refractivity contribution in [2.45, 2.75) is 26.2 Å². The van der Waals surface area contributed by atoms with Crippen molar-refractivity contribution in [3.05, 3.63) is 58.7 Å². The van der Waals surface area contributed by atoms with Crippen LogP contribution < -0.4 is 5.32 Å². The summed E-state index contributed by atoms with van der Waals surface area (Å²) in [6.45, 7) is 3.04. The molecule has 3 heterocycles. The molecule has 0 amide bonds. The largest absolute Gasteiger partial charge is 0.370 e. The molecule has 24 heavy (non-hydrogen) atoms. The van der Waals surface area contributed by atoms with Crippen LogP contribution in [0.5, 0.6) is 0 Å². The minimum Gasteiger partial charge on any atom is -0.370 e. The molecule has 1 aromatic carbocycles. The van der Waals surface area contributed by atoms with Crippen LogP contribution in [0.3, 0.4) is 0 Å². The second-order valence-corrected chi connectivity index (χ2v) is 6.55. The minimum atomic E-state index is 0.716. The first kappa shape index (κ1) is 15.2. The maximum Gasteiger partial charge on any atom is 0.133 e. The smallest absolute Gasteiger partial charge is 0.133 e. The number of aromatic nitrogens is 3. The van der Waals surface area contributed by atoms with Gasteiger partial charge in [-0.1, -0.05) is 23.7 Å². The predicted molar refractivity (Wildman–Crippen MR) is 98.0 cm³/mol. The van der Waals surface area contributed by atoms with E-state index in [9.17, 15) is 0 Å². The van der Waals surface area contributed by atoms with Crippen LogP contribution in [0.4, 0.5) is 5.82 Å². The lowest BCUT2D eigenvalue weighted by atomic mass is 10.1. The summed E-state index contributed by atoms with van der Waals surface area (Å²) in [5.74, 6) is 1.07. The van der Waals surface area contributed by atoms with Gasteiger partial charge in [0.15, 0.2) is 0 Å². The molecular weight excluding hydrogens is 320 g/mol. The molecule has 5 heteroatoms. The average molecular weight is 339 g/mol. The quantitative estimate of drug-likeness (QED) is 0.740. The van der Waals surface area contributed by atoms with Crippen molar-refractivity contribution < 1.29 is 0 Å². The molecule has 0 saturated heterocycles. The first-order valence-corrected chi connectivity index (χ1v) is 8.65. The number of nitrogens with one attached hydrogen (secondary N) is 1. The number of pyridine rings is 1. The molecule has 2 aromatic heterocycles. The van der Waals surface area contributed by atoms with Gasteiger partial charge in [-0.25, -0.2) is 4.68 Å². The molecule has 0 bridgehead atoms. The zero-order valence-corrected chi connectivity index (χ0v) is 14.3. The third-order valence-electron chi connectivity index (χ3n) is 4.44. The maximum atomic E-state index is 6.23. The van der Waals surface area contributed by atoms with Gasteiger partial charge >= 0.3 is 0 Å². The molecule has 1 aliphatic heterocycles. The molecule has 122 valence electrons. The molecule has 0 fully saturated rings. The molecule has 3 aromatic rings. The molecule has 4 rings (SSSR count). The molecule has 1 N–H and O–H groups in total. The summed E-state index contributed by atoms with van der Waals surface area (Å²) in [5, 5.41) is 9.18. The second-order valence-electron chi connectivity index (χ2n) is 6.12. The third-order valence-corrected chi connectivity index (χ3v) is 4.67. The van der Waals surface area contributed by atoms with Crippen molar-refractivity contribution in [2.75, 3.05) is 11.9 Å². The van der Waals surface area contributed by atoms with E-state index in [2.05, 4.69) is 17.2 Å². The van der Waals surface area contributed by atoms with Crippen LogP contribution >= 0.6 is 11.6 Å². The van der Waals surface area contributed by atoms with Crippen LogP contribution in [0, 0.1) is 6.92 Å². The molecule has 0 radical (unpaired) electrons. The zero-order chi connectivity index (χ0) is 16.5. The summed E-state index contributed by atoms with van der Waals surface area (Å²) in [6.07, 6.45) is 5.13. The number of nitrogens with zero attached hydrogens (tertiary/aromatic N) is 3. The molecule has 0 atom stereocenters. The summed E-state index contributed by atoms with van der Waals surface area (Å²) in [5.41, 5.74) is 5.26. The molecule has 1 aliphatic rings. The maximum absolute atomic E-state index is 6.23. The Balaban J connectivity index is 1.95. The predicted octanol–water partition coefficient (Wildman–Crippen LogP) is 4.64. The third kappa shape index (κ3) is 2.67. The number of benzene rings is 1. The van der Waals surface area contributed by atoms with Gasteiger partial charge in [-0.3, -0.25) is 4.98 Å². The Labute approximate surface area is 146 Å². The second kappa shape index (κ2) is 6.29. The van der Waals surface area contributed by atoms with Gasteiger partial charge in [0, 0.05) is 23.3 Å². The number of rotatable bonds is 2. The number of aryl methyl sites for hydroxylation is 1. The highest BCUT2D eigenvalue weighted by Crippen LogP contribution is 2.34. The fraction of sp³-hybridized carbons (Fsp3) is 0.263. The van der Waals surface area contributed by atoms with E-state index in [-0.39, 0.29) is 0 Å². The number of halogens is 1. The van der Waals surface area contributed by atoms with Crippen molar-refractivity contribution in [2.24, 2.45) is 0 Å². The Morgan fingerprint density at radius 2 is 2.08 bits per heavy atom. The fourth-order valence-corrected chi connectivity index (χ4v) is 3.36. The summed E-state index contributed by atoms with van der Waals surface area (Å²) in [4.78, 5) is 4.51. The SMILES string of the molecule is Cc1ccc(Cl)cc1-n1nc(-c2ccccn2)c2c1NCCCC2. The van der Waals surface area contributed by atoms with Crippen molar-refractivity contribution in [3.8, 4) is 17.1 Å². The summed E-state index contributed by atoms with van der Waals surface area (Å²) in [7, 11) is 0. The van der Waals surface area contributed by atoms with E-state index in [4.69, 9.17) is 16.7 Å². The normalized spacial score (nSPS) is 13.9. The van der Waals surface area contributed by atoms with Crippen LogP contribution in [-0.2, 0) is 6.42 Å². The topological polar surface area (TPSA) is 42.7 Å². The molecular formula is C19H19ClN4. The Kier molecular flexibility index (Phi) is 3.98. The van der Waals surface area contributed by atoms with E-state index >= 15 is 0 Å². The Hall–Kier alpha value is -2.33. The van der Waals surface area contributed by atoms with Crippen LogP contribution in [0.1, 0.15) is 24.0 Å². The highest BCUT2D eigenvalue weighted by molar-refractivity contribution is 6.30. The van der Waals surface area contributed by atoms with E-state index in [1.165, 1.54) is 5.56 Å².